The molecule has 0 aromatic carbocycles. The van der Waals surface area contributed by atoms with Crippen LogP contribution in [-0.2, 0) is 9.59 Å². The molecule has 2 N–H and O–H groups in total. The van der Waals surface area contributed by atoms with Gasteiger partial charge in [-0.3, -0.25) is 9.78 Å². The van der Waals surface area contributed by atoms with E-state index in [4.69, 9.17) is 5.11 Å². The van der Waals surface area contributed by atoms with Crippen LogP contribution in [0.15, 0.2) is 24.4 Å². The number of carbonyl (C=O) groups is 2. The number of hydrogen-bond donors (Lipinski definition) is 2. The number of nitrogens with zero attached hydrogens (tertiary/aromatic N) is 1. The molecule has 1 rings (SSSR count). The predicted octanol–water partition coefficient (Wildman–Crippen LogP) is 0.343. The van der Waals surface area contributed by atoms with Gasteiger partial charge < -0.3 is 10.4 Å². The fourth-order valence-corrected chi connectivity index (χ4v) is 1.01. The summed E-state index contributed by atoms with van der Waals surface area (Å²) in [6.45, 7) is 1.26. The maximum absolute atomic E-state index is 10.8. The van der Waals surface area contributed by atoms with E-state index in [0.29, 0.717) is 5.69 Å². The number of hydrogen-bond acceptors (Lipinski definition) is 3. The van der Waals surface area contributed by atoms with Crippen LogP contribution in [-0.4, -0.2) is 22.0 Å². The molecule has 0 fully saturated rings. The molecule has 1 unspecified atom stereocenters. The van der Waals surface area contributed by atoms with Crippen LogP contribution in [0.3, 0.4) is 0 Å². The van der Waals surface area contributed by atoms with Gasteiger partial charge in [-0.1, -0.05) is 6.07 Å². The second-order valence-electron chi connectivity index (χ2n) is 2.73. The Bertz CT molecular complexity index is 337. The SMILES string of the molecule is CC(=O)NC(C(=O)O)c1ccccn1. The van der Waals surface area contributed by atoms with E-state index >= 15 is 0 Å². The number of carboxylic acid groups (broad SMARTS) is 1. The molecule has 5 heteroatoms. The summed E-state index contributed by atoms with van der Waals surface area (Å²) in [6.07, 6.45) is 1.48. The van der Waals surface area contributed by atoms with Crippen LogP contribution in [0.1, 0.15) is 18.7 Å². The van der Waals surface area contributed by atoms with Gasteiger partial charge in [0, 0.05) is 13.1 Å². The summed E-state index contributed by atoms with van der Waals surface area (Å²) in [5.41, 5.74) is 0.315. The molecule has 1 heterocycles. The molecule has 74 valence electrons. The van der Waals surface area contributed by atoms with Crippen molar-refractivity contribution in [2.45, 2.75) is 13.0 Å². The van der Waals surface area contributed by atoms with Crippen LogP contribution in [0.4, 0.5) is 0 Å². The van der Waals surface area contributed by atoms with E-state index < -0.39 is 17.9 Å². The van der Waals surface area contributed by atoms with Crippen molar-refractivity contribution in [3.63, 3.8) is 0 Å². The molecule has 0 aliphatic heterocycles. The van der Waals surface area contributed by atoms with E-state index in [2.05, 4.69) is 10.3 Å². The molecular weight excluding hydrogens is 184 g/mol. The van der Waals surface area contributed by atoms with Crippen molar-refractivity contribution in [3.8, 4) is 0 Å². The molecule has 1 aromatic heterocycles. The second kappa shape index (κ2) is 4.36. The Labute approximate surface area is 80.8 Å². The van der Waals surface area contributed by atoms with Crippen molar-refractivity contribution in [2.75, 3.05) is 0 Å². The number of nitrogens with one attached hydrogen (secondary N) is 1. The molecule has 5 nitrogen and oxygen atoms in total. The molecule has 0 bridgehead atoms. The zero-order valence-electron chi connectivity index (χ0n) is 7.60. The first-order chi connectivity index (χ1) is 6.61. The highest BCUT2D eigenvalue weighted by Gasteiger charge is 2.21. The molecule has 1 aromatic rings. The highest BCUT2D eigenvalue weighted by atomic mass is 16.4. The Morgan fingerprint density at radius 1 is 1.50 bits per heavy atom. The van der Waals surface area contributed by atoms with Gasteiger partial charge in [-0.05, 0) is 12.1 Å². The number of rotatable bonds is 3. The monoisotopic (exact) mass is 194 g/mol. The van der Waals surface area contributed by atoms with Gasteiger partial charge in [-0.25, -0.2) is 4.79 Å². The molecule has 0 aliphatic rings. The minimum Gasteiger partial charge on any atom is -0.479 e. The highest BCUT2D eigenvalue weighted by molar-refractivity contribution is 5.82. The lowest BCUT2D eigenvalue weighted by molar-refractivity contribution is -0.141. The van der Waals surface area contributed by atoms with Gasteiger partial charge in [0.25, 0.3) is 0 Å². The molecule has 0 spiro atoms. The third-order valence-electron chi connectivity index (χ3n) is 1.58. The summed E-state index contributed by atoms with van der Waals surface area (Å²) in [7, 11) is 0. The van der Waals surface area contributed by atoms with Crippen molar-refractivity contribution in [2.24, 2.45) is 0 Å². The topological polar surface area (TPSA) is 79.3 Å². The molecule has 0 saturated heterocycles. The molecule has 1 amide bonds. The maximum Gasteiger partial charge on any atom is 0.332 e. The van der Waals surface area contributed by atoms with Gasteiger partial charge in [-0.2, -0.15) is 0 Å². The van der Waals surface area contributed by atoms with E-state index in [1.807, 2.05) is 0 Å². The van der Waals surface area contributed by atoms with E-state index in [1.165, 1.54) is 13.1 Å². The largest absolute Gasteiger partial charge is 0.479 e. The average Bonchev–Trinajstić information content (AvgIpc) is 2.15. The van der Waals surface area contributed by atoms with Gasteiger partial charge in [0.2, 0.25) is 5.91 Å². The number of carbonyl (C=O) groups excluding carboxylic acids is 1. The first kappa shape index (κ1) is 10.2. The summed E-state index contributed by atoms with van der Waals surface area (Å²) in [5, 5.41) is 11.1. The van der Waals surface area contributed by atoms with Gasteiger partial charge in [0.1, 0.15) is 0 Å². The Kier molecular flexibility index (Phi) is 3.17. The number of pyridine rings is 1. The molecule has 0 aliphatic carbocycles. The van der Waals surface area contributed by atoms with Crippen LogP contribution < -0.4 is 5.32 Å². The number of carboxylic acids is 1. The van der Waals surface area contributed by atoms with Crippen molar-refractivity contribution in [1.29, 1.82) is 0 Å². The van der Waals surface area contributed by atoms with Crippen molar-refractivity contribution < 1.29 is 14.7 Å². The lowest BCUT2D eigenvalue weighted by Gasteiger charge is -2.11. The number of aliphatic carboxylic acids is 1. The molecule has 0 saturated carbocycles. The van der Waals surface area contributed by atoms with Crippen molar-refractivity contribution >= 4 is 11.9 Å². The van der Waals surface area contributed by atoms with Crippen LogP contribution in [0.25, 0.3) is 0 Å². The smallest absolute Gasteiger partial charge is 0.332 e. The fraction of sp³-hybridized carbons (Fsp3) is 0.222. The number of amides is 1. The quantitative estimate of drug-likeness (QED) is 0.727. The minimum atomic E-state index is -1.13. The van der Waals surface area contributed by atoms with Gasteiger partial charge in [0.15, 0.2) is 6.04 Å². The van der Waals surface area contributed by atoms with Crippen LogP contribution >= 0.6 is 0 Å². The fourth-order valence-electron chi connectivity index (χ4n) is 1.01. The van der Waals surface area contributed by atoms with E-state index in [9.17, 15) is 9.59 Å². The normalized spacial score (nSPS) is 11.8. The molecular formula is C9H10N2O3. The standard InChI is InChI=1S/C9H10N2O3/c1-6(12)11-8(9(13)14)7-4-2-3-5-10-7/h2-5,8H,1H3,(H,11,12)(H,13,14). The van der Waals surface area contributed by atoms with E-state index in [0.717, 1.165) is 0 Å². The first-order valence-corrected chi connectivity index (χ1v) is 4.02. The highest BCUT2D eigenvalue weighted by Crippen LogP contribution is 2.08. The number of aromatic nitrogens is 1. The Morgan fingerprint density at radius 2 is 2.21 bits per heavy atom. The molecule has 0 radical (unpaired) electrons. The van der Waals surface area contributed by atoms with Gasteiger partial charge in [-0.15, -0.1) is 0 Å². The Morgan fingerprint density at radius 3 is 2.64 bits per heavy atom. The zero-order chi connectivity index (χ0) is 10.6. The van der Waals surface area contributed by atoms with Crippen LogP contribution in [0.5, 0.6) is 0 Å². The molecule has 1 atom stereocenters. The van der Waals surface area contributed by atoms with Crippen molar-refractivity contribution in [1.82, 2.24) is 10.3 Å². The van der Waals surface area contributed by atoms with Crippen molar-refractivity contribution in [3.05, 3.63) is 30.1 Å². The van der Waals surface area contributed by atoms with Crippen LogP contribution in [0, 0.1) is 0 Å². The second-order valence-corrected chi connectivity index (χ2v) is 2.73. The van der Waals surface area contributed by atoms with Gasteiger partial charge in [0.05, 0.1) is 5.69 Å². The summed E-state index contributed by atoms with van der Waals surface area (Å²) in [5.74, 6) is -1.53. The van der Waals surface area contributed by atoms with E-state index in [1.54, 1.807) is 18.2 Å². The predicted molar refractivity (Wildman–Crippen MR) is 48.4 cm³/mol. The van der Waals surface area contributed by atoms with E-state index in [-0.39, 0.29) is 0 Å². The van der Waals surface area contributed by atoms with Gasteiger partial charge >= 0.3 is 5.97 Å². The average molecular weight is 194 g/mol. The van der Waals surface area contributed by atoms with Crippen LogP contribution in [0.2, 0.25) is 0 Å². The summed E-state index contributed by atoms with van der Waals surface area (Å²) >= 11 is 0. The summed E-state index contributed by atoms with van der Waals surface area (Å²) < 4.78 is 0. The minimum absolute atomic E-state index is 0.315. The Hall–Kier alpha value is -1.91. The third-order valence-corrected chi connectivity index (χ3v) is 1.58. The lowest BCUT2D eigenvalue weighted by atomic mass is 10.2. The third kappa shape index (κ3) is 2.55. The maximum atomic E-state index is 10.8. The lowest BCUT2D eigenvalue weighted by Crippen LogP contribution is -2.32. The Balaban J connectivity index is 2.89. The summed E-state index contributed by atoms with van der Waals surface area (Å²) in [4.78, 5) is 25.4. The first-order valence-electron chi connectivity index (χ1n) is 4.02. The zero-order valence-corrected chi connectivity index (χ0v) is 7.60. The summed E-state index contributed by atoms with van der Waals surface area (Å²) in [6, 6.07) is 3.82. The molecule has 14 heavy (non-hydrogen) atoms.